The third-order valence-corrected chi connectivity index (χ3v) is 2.97. The first-order valence-corrected chi connectivity index (χ1v) is 5.90. The van der Waals surface area contributed by atoms with E-state index in [1.54, 1.807) is 0 Å². The maximum Gasteiger partial charge on any atom is 0.0408 e. The Morgan fingerprint density at radius 2 is 1.67 bits per heavy atom. The molecule has 0 nitrogen and oxygen atoms in total. The van der Waals surface area contributed by atoms with Gasteiger partial charge in [0.1, 0.15) is 0 Å². The van der Waals surface area contributed by atoms with Crippen molar-refractivity contribution in [2.45, 2.75) is 6.42 Å². The highest BCUT2D eigenvalue weighted by atomic mass is 79.9. The highest BCUT2D eigenvalue weighted by Gasteiger charge is 1.97. The molecule has 0 fully saturated rings. The van der Waals surface area contributed by atoms with Gasteiger partial charge in [-0.25, -0.2) is 0 Å². The molecule has 0 aromatic heterocycles. The Labute approximate surface area is 103 Å². The highest BCUT2D eigenvalue weighted by molar-refractivity contribution is 9.10. The van der Waals surface area contributed by atoms with Crippen molar-refractivity contribution >= 4 is 27.5 Å². The van der Waals surface area contributed by atoms with Gasteiger partial charge in [-0.15, -0.1) is 0 Å². The van der Waals surface area contributed by atoms with E-state index < -0.39 is 0 Å². The fourth-order valence-electron chi connectivity index (χ4n) is 1.48. The maximum absolute atomic E-state index is 5.93. The topological polar surface area (TPSA) is 0 Å². The monoisotopic (exact) mass is 280 g/mol. The summed E-state index contributed by atoms with van der Waals surface area (Å²) in [5.74, 6) is 0. The van der Waals surface area contributed by atoms with Crippen LogP contribution in [0.5, 0.6) is 0 Å². The average Bonchev–Trinajstić information content (AvgIpc) is 2.22. The molecule has 0 saturated heterocycles. The van der Waals surface area contributed by atoms with Gasteiger partial charge in [0.25, 0.3) is 0 Å². The van der Waals surface area contributed by atoms with E-state index in [9.17, 15) is 0 Å². The smallest absolute Gasteiger partial charge is 0.0408 e. The van der Waals surface area contributed by atoms with Crippen LogP contribution in [0.2, 0.25) is 5.02 Å². The molecular formula is C13H10BrCl. The molecule has 0 amide bonds. The molecule has 0 N–H and O–H groups in total. The lowest BCUT2D eigenvalue weighted by molar-refractivity contribution is 1.19. The molecule has 2 heteroatoms. The van der Waals surface area contributed by atoms with Gasteiger partial charge >= 0.3 is 0 Å². The minimum Gasteiger partial charge on any atom is -0.0843 e. The van der Waals surface area contributed by atoms with Crippen molar-refractivity contribution in [3.63, 3.8) is 0 Å². The first-order chi connectivity index (χ1) is 7.24. The molecule has 0 bridgehead atoms. The van der Waals surface area contributed by atoms with Crippen LogP contribution in [-0.2, 0) is 6.42 Å². The summed E-state index contributed by atoms with van der Waals surface area (Å²) in [6.07, 6.45) is 0.924. The lowest BCUT2D eigenvalue weighted by atomic mass is 10.1. The molecule has 0 aliphatic heterocycles. The molecule has 0 radical (unpaired) electrons. The Morgan fingerprint density at radius 1 is 0.933 bits per heavy atom. The van der Waals surface area contributed by atoms with Gasteiger partial charge in [-0.1, -0.05) is 51.8 Å². The van der Waals surface area contributed by atoms with Crippen LogP contribution in [0.4, 0.5) is 0 Å². The van der Waals surface area contributed by atoms with E-state index in [0.29, 0.717) is 0 Å². The van der Waals surface area contributed by atoms with Gasteiger partial charge < -0.3 is 0 Å². The summed E-state index contributed by atoms with van der Waals surface area (Å²) in [7, 11) is 0. The Kier molecular flexibility index (Phi) is 3.45. The molecule has 15 heavy (non-hydrogen) atoms. The van der Waals surface area contributed by atoms with Crippen LogP contribution >= 0.6 is 27.5 Å². The van der Waals surface area contributed by atoms with Gasteiger partial charge in [0.05, 0.1) is 0 Å². The minimum atomic E-state index is 0.796. The van der Waals surface area contributed by atoms with E-state index in [1.807, 2.05) is 18.2 Å². The summed E-state index contributed by atoms with van der Waals surface area (Å²) >= 11 is 9.35. The molecule has 2 rings (SSSR count). The first kappa shape index (κ1) is 10.7. The van der Waals surface area contributed by atoms with Crippen LogP contribution in [0.25, 0.3) is 0 Å². The summed E-state index contributed by atoms with van der Waals surface area (Å²) in [4.78, 5) is 0. The van der Waals surface area contributed by atoms with E-state index >= 15 is 0 Å². The zero-order valence-corrected chi connectivity index (χ0v) is 10.4. The zero-order chi connectivity index (χ0) is 10.7. The fraction of sp³-hybridized carbons (Fsp3) is 0.0769. The van der Waals surface area contributed by atoms with Crippen molar-refractivity contribution in [3.8, 4) is 0 Å². The normalized spacial score (nSPS) is 10.3. The predicted octanol–water partition coefficient (Wildman–Crippen LogP) is 4.69. The third kappa shape index (κ3) is 3.08. The van der Waals surface area contributed by atoms with Crippen LogP contribution in [-0.4, -0.2) is 0 Å². The Balaban J connectivity index is 2.18. The maximum atomic E-state index is 5.93. The van der Waals surface area contributed by atoms with E-state index in [0.717, 1.165) is 15.9 Å². The van der Waals surface area contributed by atoms with E-state index in [4.69, 9.17) is 11.6 Å². The SMILES string of the molecule is Clc1cccc(Cc2ccc(Br)cc2)c1. The molecular weight excluding hydrogens is 272 g/mol. The lowest BCUT2D eigenvalue weighted by Gasteiger charge is -2.02. The van der Waals surface area contributed by atoms with E-state index in [-0.39, 0.29) is 0 Å². The second kappa shape index (κ2) is 4.82. The molecule has 0 atom stereocenters. The van der Waals surface area contributed by atoms with Crippen molar-refractivity contribution in [1.29, 1.82) is 0 Å². The average molecular weight is 282 g/mol. The Hall–Kier alpha value is -0.790. The Bertz CT molecular complexity index is 448. The minimum absolute atomic E-state index is 0.796. The summed E-state index contributed by atoms with van der Waals surface area (Å²) < 4.78 is 1.11. The third-order valence-electron chi connectivity index (χ3n) is 2.21. The summed E-state index contributed by atoms with van der Waals surface area (Å²) in [5.41, 5.74) is 2.53. The quantitative estimate of drug-likeness (QED) is 0.749. The van der Waals surface area contributed by atoms with E-state index in [2.05, 4.69) is 46.3 Å². The number of hydrogen-bond donors (Lipinski definition) is 0. The molecule has 0 heterocycles. The van der Waals surface area contributed by atoms with Crippen LogP contribution in [0.1, 0.15) is 11.1 Å². The zero-order valence-electron chi connectivity index (χ0n) is 8.08. The van der Waals surface area contributed by atoms with Crippen molar-refractivity contribution in [3.05, 3.63) is 69.2 Å². The number of benzene rings is 2. The standard InChI is InChI=1S/C13H10BrCl/c14-12-6-4-10(5-7-12)8-11-2-1-3-13(15)9-11/h1-7,9H,8H2. The van der Waals surface area contributed by atoms with Crippen LogP contribution in [0, 0.1) is 0 Å². The second-order valence-electron chi connectivity index (χ2n) is 3.43. The van der Waals surface area contributed by atoms with Gasteiger partial charge in [-0.2, -0.15) is 0 Å². The number of halogens is 2. The van der Waals surface area contributed by atoms with E-state index in [1.165, 1.54) is 11.1 Å². The van der Waals surface area contributed by atoms with Crippen LogP contribution in [0.15, 0.2) is 53.0 Å². The molecule has 0 unspecified atom stereocenters. The fourth-order valence-corrected chi connectivity index (χ4v) is 1.96. The molecule has 2 aromatic rings. The van der Waals surface area contributed by atoms with Crippen LogP contribution < -0.4 is 0 Å². The summed E-state index contributed by atoms with van der Waals surface area (Å²) in [5, 5.41) is 0.796. The van der Waals surface area contributed by atoms with Crippen LogP contribution in [0.3, 0.4) is 0 Å². The van der Waals surface area contributed by atoms with Gasteiger partial charge in [0.2, 0.25) is 0 Å². The van der Waals surface area contributed by atoms with Gasteiger partial charge in [-0.05, 0) is 41.8 Å². The highest BCUT2D eigenvalue weighted by Crippen LogP contribution is 2.16. The van der Waals surface area contributed by atoms with Gasteiger partial charge in [-0.3, -0.25) is 0 Å². The molecule has 76 valence electrons. The second-order valence-corrected chi connectivity index (χ2v) is 4.79. The van der Waals surface area contributed by atoms with Crippen molar-refractivity contribution in [1.82, 2.24) is 0 Å². The largest absolute Gasteiger partial charge is 0.0843 e. The van der Waals surface area contributed by atoms with Crippen molar-refractivity contribution in [2.75, 3.05) is 0 Å². The summed E-state index contributed by atoms with van der Waals surface area (Å²) in [6, 6.07) is 16.3. The number of hydrogen-bond acceptors (Lipinski definition) is 0. The molecule has 0 aliphatic rings. The molecule has 0 aliphatic carbocycles. The summed E-state index contributed by atoms with van der Waals surface area (Å²) in [6.45, 7) is 0. The first-order valence-electron chi connectivity index (χ1n) is 4.73. The van der Waals surface area contributed by atoms with Crippen molar-refractivity contribution < 1.29 is 0 Å². The molecule has 2 aromatic carbocycles. The molecule has 0 spiro atoms. The number of rotatable bonds is 2. The van der Waals surface area contributed by atoms with Gasteiger partial charge in [0, 0.05) is 9.50 Å². The van der Waals surface area contributed by atoms with Gasteiger partial charge in [0.15, 0.2) is 0 Å². The molecule has 0 saturated carbocycles. The predicted molar refractivity (Wildman–Crippen MR) is 68.4 cm³/mol. The Morgan fingerprint density at radius 3 is 2.33 bits per heavy atom. The van der Waals surface area contributed by atoms with Crippen molar-refractivity contribution in [2.24, 2.45) is 0 Å². The lowest BCUT2D eigenvalue weighted by Crippen LogP contribution is -1.87.